The fourth-order valence-corrected chi connectivity index (χ4v) is 2.28. The molecule has 0 bridgehead atoms. The Morgan fingerprint density at radius 2 is 2.15 bits per heavy atom. The van der Waals surface area contributed by atoms with Gasteiger partial charge in [0, 0.05) is 25.1 Å². The molecule has 0 spiro atoms. The third-order valence-electron chi connectivity index (χ3n) is 3.53. The summed E-state index contributed by atoms with van der Waals surface area (Å²) in [6, 6.07) is 6.06. The molecule has 4 nitrogen and oxygen atoms in total. The summed E-state index contributed by atoms with van der Waals surface area (Å²) in [6.07, 6.45) is 3.06. The van der Waals surface area contributed by atoms with Crippen LogP contribution in [-0.4, -0.2) is 31.5 Å². The lowest BCUT2D eigenvalue weighted by atomic mass is 10.1. The molecule has 0 saturated carbocycles. The Morgan fingerprint density at radius 1 is 1.30 bits per heavy atom. The Balaban J connectivity index is 1.81. The number of aliphatic hydroxyl groups is 1. The van der Waals surface area contributed by atoms with E-state index in [0.717, 1.165) is 62.6 Å². The van der Waals surface area contributed by atoms with Gasteiger partial charge < -0.3 is 19.9 Å². The molecule has 0 saturated heterocycles. The second-order valence-electron chi connectivity index (χ2n) is 5.40. The number of hydrogen-bond acceptors (Lipinski definition) is 4. The van der Waals surface area contributed by atoms with E-state index in [9.17, 15) is 0 Å². The lowest BCUT2D eigenvalue weighted by Gasteiger charge is -2.13. The van der Waals surface area contributed by atoms with Gasteiger partial charge in [-0.25, -0.2) is 0 Å². The van der Waals surface area contributed by atoms with Gasteiger partial charge in [0.2, 0.25) is 0 Å². The first-order chi connectivity index (χ1) is 9.81. The van der Waals surface area contributed by atoms with Crippen LogP contribution >= 0.6 is 0 Å². The molecule has 112 valence electrons. The molecule has 0 aromatic heterocycles. The van der Waals surface area contributed by atoms with Crippen LogP contribution in [0.4, 0.5) is 0 Å². The first kappa shape index (κ1) is 15.1. The van der Waals surface area contributed by atoms with Gasteiger partial charge in [-0.1, -0.05) is 19.1 Å². The van der Waals surface area contributed by atoms with Gasteiger partial charge >= 0.3 is 0 Å². The van der Waals surface area contributed by atoms with E-state index in [-0.39, 0.29) is 6.61 Å². The molecule has 1 heterocycles. The Bertz CT molecular complexity index is 409. The van der Waals surface area contributed by atoms with Gasteiger partial charge in [-0.05, 0) is 31.4 Å². The minimum atomic E-state index is 0.275. The zero-order chi connectivity index (χ0) is 14.2. The highest BCUT2D eigenvalue weighted by Gasteiger charge is 2.13. The number of fused-ring (bicyclic) bond motifs is 1. The van der Waals surface area contributed by atoms with Crippen molar-refractivity contribution in [1.82, 2.24) is 5.32 Å². The smallest absolute Gasteiger partial charge is 0.165 e. The minimum Gasteiger partial charge on any atom is -0.490 e. The molecule has 1 aromatic rings. The predicted molar refractivity (Wildman–Crippen MR) is 79.2 cm³/mol. The molecular formula is C16H25NO3. The lowest BCUT2D eigenvalue weighted by Crippen LogP contribution is -2.16. The standard InChI is InChI=1S/C16H25NO3/c1-13(12-18)5-3-8-17-11-14-6-2-7-15-16(14)20-10-4-9-19-15/h2,6-7,13,17-18H,3-5,8-12H2,1H3. The molecular weight excluding hydrogens is 254 g/mol. The number of para-hydroxylation sites is 1. The fraction of sp³-hybridized carbons (Fsp3) is 0.625. The molecule has 1 unspecified atom stereocenters. The summed E-state index contributed by atoms with van der Waals surface area (Å²) in [5.41, 5.74) is 1.15. The monoisotopic (exact) mass is 279 g/mol. The van der Waals surface area contributed by atoms with Gasteiger partial charge in [0.25, 0.3) is 0 Å². The SMILES string of the molecule is CC(CO)CCCNCc1cccc2c1OCCCO2. The topological polar surface area (TPSA) is 50.7 Å². The van der Waals surface area contributed by atoms with Crippen molar-refractivity contribution >= 4 is 0 Å². The van der Waals surface area contributed by atoms with Crippen molar-refractivity contribution in [3.05, 3.63) is 23.8 Å². The Labute approximate surface area is 121 Å². The van der Waals surface area contributed by atoms with Crippen molar-refractivity contribution in [2.24, 2.45) is 5.92 Å². The van der Waals surface area contributed by atoms with Crippen LogP contribution in [0.2, 0.25) is 0 Å². The maximum Gasteiger partial charge on any atom is 0.165 e. The van der Waals surface area contributed by atoms with Gasteiger partial charge in [-0.2, -0.15) is 0 Å². The zero-order valence-electron chi connectivity index (χ0n) is 12.2. The second kappa shape index (κ2) is 8.12. The average Bonchev–Trinajstić information content (AvgIpc) is 2.72. The average molecular weight is 279 g/mol. The summed E-state index contributed by atoms with van der Waals surface area (Å²) in [5, 5.41) is 12.4. The van der Waals surface area contributed by atoms with Crippen LogP contribution in [0.1, 0.15) is 31.7 Å². The molecule has 2 N–H and O–H groups in total. The van der Waals surface area contributed by atoms with E-state index in [0.29, 0.717) is 5.92 Å². The molecule has 0 radical (unpaired) electrons. The quantitative estimate of drug-likeness (QED) is 0.752. The Hall–Kier alpha value is -1.26. The van der Waals surface area contributed by atoms with Crippen LogP contribution < -0.4 is 14.8 Å². The number of rotatable bonds is 7. The third-order valence-corrected chi connectivity index (χ3v) is 3.53. The van der Waals surface area contributed by atoms with E-state index in [1.807, 2.05) is 12.1 Å². The second-order valence-corrected chi connectivity index (χ2v) is 5.40. The van der Waals surface area contributed by atoms with Crippen LogP contribution in [0.5, 0.6) is 11.5 Å². The molecule has 1 aliphatic rings. The van der Waals surface area contributed by atoms with Gasteiger partial charge in [0.1, 0.15) is 0 Å². The number of nitrogens with one attached hydrogen (secondary N) is 1. The van der Waals surface area contributed by atoms with Crippen LogP contribution in [-0.2, 0) is 6.54 Å². The number of hydrogen-bond donors (Lipinski definition) is 2. The first-order valence-corrected chi connectivity index (χ1v) is 7.50. The number of ether oxygens (including phenoxy) is 2. The van der Waals surface area contributed by atoms with E-state index in [1.54, 1.807) is 0 Å². The molecule has 2 rings (SSSR count). The van der Waals surface area contributed by atoms with E-state index < -0.39 is 0 Å². The molecule has 1 aliphatic heterocycles. The third kappa shape index (κ3) is 4.39. The maximum absolute atomic E-state index is 8.98. The zero-order valence-corrected chi connectivity index (χ0v) is 12.2. The highest BCUT2D eigenvalue weighted by atomic mass is 16.5. The van der Waals surface area contributed by atoms with E-state index in [2.05, 4.69) is 18.3 Å². The largest absolute Gasteiger partial charge is 0.490 e. The van der Waals surface area contributed by atoms with Crippen molar-refractivity contribution in [1.29, 1.82) is 0 Å². The van der Waals surface area contributed by atoms with Crippen molar-refractivity contribution in [3.63, 3.8) is 0 Å². The summed E-state index contributed by atoms with van der Waals surface area (Å²) in [6.45, 7) is 5.54. The maximum atomic E-state index is 8.98. The highest BCUT2D eigenvalue weighted by molar-refractivity contribution is 5.46. The van der Waals surface area contributed by atoms with Crippen molar-refractivity contribution in [2.75, 3.05) is 26.4 Å². The fourth-order valence-electron chi connectivity index (χ4n) is 2.28. The molecule has 4 heteroatoms. The lowest BCUT2D eigenvalue weighted by molar-refractivity contribution is 0.228. The van der Waals surface area contributed by atoms with Gasteiger partial charge in [-0.3, -0.25) is 0 Å². The van der Waals surface area contributed by atoms with Crippen LogP contribution in [0.15, 0.2) is 18.2 Å². The Kier molecular flexibility index (Phi) is 6.15. The van der Waals surface area contributed by atoms with Gasteiger partial charge in [0.05, 0.1) is 13.2 Å². The summed E-state index contributed by atoms with van der Waals surface area (Å²) >= 11 is 0. The van der Waals surface area contributed by atoms with E-state index >= 15 is 0 Å². The molecule has 0 fully saturated rings. The summed E-state index contributed by atoms with van der Waals surface area (Å²) < 4.78 is 11.5. The van der Waals surface area contributed by atoms with Gasteiger partial charge in [-0.15, -0.1) is 0 Å². The van der Waals surface area contributed by atoms with E-state index in [4.69, 9.17) is 14.6 Å². The molecule has 1 aromatic carbocycles. The van der Waals surface area contributed by atoms with Crippen LogP contribution in [0, 0.1) is 5.92 Å². The number of aliphatic hydroxyl groups excluding tert-OH is 1. The highest BCUT2D eigenvalue weighted by Crippen LogP contribution is 2.33. The van der Waals surface area contributed by atoms with E-state index in [1.165, 1.54) is 0 Å². The first-order valence-electron chi connectivity index (χ1n) is 7.50. The van der Waals surface area contributed by atoms with Crippen LogP contribution in [0.3, 0.4) is 0 Å². The normalized spacial score (nSPS) is 15.7. The van der Waals surface area contributed by atoms with Gasteiger partial charge in [0.15, 0.2) is 11.5 Å². The molecule has 1 atom stereocenters. The number of benzene rings is 1. The predicted octanol–water partition coefficient (Wildman–Crippen LogP) is 2.35. The van der Waals surface area contributed by atoms with Crippen molar-refractivity contribution in [3.8, 4) is 11.5 Å². The molecule has 0 aliphatic carbocycles. The summed E-state index contributed by atoms with van der Waals surface area (Å²) in [5.74, 6) is 2.14. The summed E-state index contributed by atoms with van der Waals surface area (Å²) in [7, 11) is 0. The Morgan fingerprint density at radius 3 is 3.00 bits per heavy atom. The molecule has 0 amide bonds. The minimum absolute atomic E-state index is 0.275. The van der Waals surface area contributed by atoms with Crippen molar-refractivity contribution in [2.45, 2.75) is 32.7 Å². The molecule has 20 heavy (non-hydrogen) atoms. The van der Waals surface area contributed by atoms with Crippen LogP contribution in [0.25, 0.3) is 0 Å². The summed E-state index contributed by atoms with van der Waals surface area (Å²) in [4.78, 5) is 0. The van der Waals surface area contributed by atoms with Crippen molar-refractivity contribution < 1.29 is 14.6 Å².